The summed E-state index contributed by atoms with van der Waals surface area (Å²) < 4.78 is 5.47. The summed E-state index contributed by atoms with van der Waals surface area (Å²) in [6, 6.07) is 0.230. The molecule has 1 aliphatic carbocycles. The minimum Gasteiger partial charge on any atom is -0.457 e. The van der Waals surface area contributed by atoms with E-state index in [4.69, 9.17) is 10.1 Å². The number of hydrogen-bond donors (Lipinski definition) is 1. The van der Waals surface area contributed by atoms with E-state index in [1.807, 2.05) is 14.1 Å². The van der Waals surface area contributed by atoms with Crippen LogP contribution in [0.15, 0.2) is 12.2 Å². The summed E-state index contributed by atoms with van der Waals surface area (Å²) in [5, 5.41) is 7.53. The number of nitrogens with one attached hydrogen (secondary N) is 1. The summed E-state index contributed by atoms with van der Waals surface area (Å²) in [6.45, 7) is 3.97. The Hall–Kier alpha value is -0.990. The predicted molar refractivity (Wildman–Crippen MR) is 53.9 cm³/mol. The first kappa shape index (κ1) is 10.1. The van der Waals surface area contributed by atoms with E-state index < -0.39 is 0 Å². The van der Waals surface area contributed by atoms with Crippen LogP contribution < -0.4 is 0 Å². The van der Waals surface area contributed by atoms with E-state index in [0.29, 0.717) is 0 Å². The Balaban J connectivity index is 2.43. The van der Waals surface area contributed by atoms with E-state index in [1.54, 1.807) is 4.90 Å². The molecule has 74 valence electrons. The van der Waals surface area contributed by atoms with Gasteiger partial charge in [-0.05, 0) is 31.3 Å². The van der Waals surface area contributed by atoms with Crippen molar-refractivity contribution in [3.63, 3.8) is 0 Å². The molecule has 1 aliphatic rings. The first-order valence-corrected chi connectivity index (χ1v) is 4.71. The first-order chi connectivity index (χ1) is 6.11. The molecule has 0 amide bonds. The van der Waals surface area contributed by atoms with Crippen LogP contribution in [0.25, 0.3) is 0 Å². The van der Waals surface area contributed by atoms with Crippen molar-refractivity contribution in [3.8, 4) is 0 Å². The molecular formula is C10H18N2O. The Kier molecular flexibility index (Phi) is 3.34. The molecule has 0 saturated heterocycles. The zero-order chi connectivity index (χ0) is 9.84. The third-order valence-corrected chi connectivity index (χ3v) is 2.33. The molecule has 3 nitrogen and oxygen atoms in total. The van der Waals surface area contributed by atoms with Crippen LogP contribution >= 0.6 is 0 Å². The van der Waals surface area contributed by atoms with Gasteiger partial charge in [0.15, 0.2) is 0 Å². The molecule has 0 radical (unpaired) electrons. The summed E-state index contributed by atoms with van der Waals surface area (Å²) in [6.07, 6.45) is 4.53. The zero-order valence-electron chi connectivity index (χ0n) is 8.47. The van der Waals surface area contributed by atoms with Gasteiger partial charge in [0.2, 0.25) is 0 Å². The summed E-state index contributed by atoms with van der Waals surface area (Å²) >= 11 is 0. The van der Waals surface area contributed by atoms with Gasteiger partial charge in [-0.3, -0.25) is 5.41 Å². The topological polar surface area (TPSA) is 36.3 Å². The maximum atomic E-state index is 7.53. The maximum absolute atomic E-state index is 7.53. The highest BCUT2D eigenvalue weighted by Gasteiger charge is 2.20. The highest BCUT2D eigenvalue weighted by Crippen LogP contribution is 2.24. The third kappa shape index (κ3) is 2.76. The lowest BCUT2D eigenvalue weighted by Gasteiger charge is -2.27. The molecule has 1 atom stereocenters. The highest BCUT2D eigenvalue weighted by molar-refractivity contribution is 5.69. The van der Waals surface area contributed by atoms with Gasteiger partial charge in [0, 0.05) is 14.1 Å². The van der Waals surface area contributed by atoms with Crippen molar-refractivity contribution < 1.29 is 4.74 Å². The summed E-state index contributed by atoms with van der Waals surface area (Å²) in [5.74, 6) is 0. The predicted octanol–water partition coefficient (Wildman–Crippen LogP) is 2.00. The van der Waals surface area contributed by atoms with E-state index in [2.05, 4.69) is 6.58 Å². The standard InChI is InChI=1S/C10H18N2O/c1-8-6-4-5-7-9(8)13-10(11)12(2)3/h9,11H,1,4-7H2,2-3H3. The van der Waals surface area contributed by atoms with Gasteiger partial charge in [-0.25, -0.2) is 0 Å². The van der Waals surface area contributed by atoms with E-state index in [1.165, 1.54) is 12.8 Å². The van der Waals surface area contributed by atoms with E-state index in [-0.39, 0.29) is 12.1 Å². The number of nitrogens with zero attached hydrogens (tertiary/aromatic N) is 1. The summed E-state index contributed by atoms with van der Waals surface area (Å²) in [5.41, 5.74) is 1.14. The van der Waals surface area contributed by atoms with Crippen molar-refractivity contribution in [3.05, 3.63) is 12.2 Å². The van der Waals surface area contributed by atoms with Crippen LogP contribution in [0.2, 0.25) is 0 Å². The smallest absolute Gasteiger partial charge is 0.284 e. The average molecular weight is 182 g/mol. The quantitative estimate of drug-likeness (QED) is 0.382. The number of rotatable bonds is 1. The molecule has 0 aliphatic heterocycles. The van der Waals surface area contributed by atoms with Gasteiger partial charge in [0.05, 0.1) is 0 Å². The van der Waals surface area contributed by atoms with Gasteiger partial charge >= 0.3 is 0 Å². The van der Waals surface area contributed by atoms with Crippen molar-refractivity contribution in [1.29, 1.82) is 5.41 Å². The fraction of sp³-hybridized carbons (Fsp3) is 0.700. The number of amidine groups is 1. The molecule has 0 aromatic rings. The monoisotopic (exact) mass is 182 g/mol. The molecule has 1 N–H and O–H groups in total. The zero-order valence-corrected chi connectivity index (χ0v) is 8.47. The van der Waals surface area contributed by atoms with Gasteiger partial charge < -0.3 is 9.64 Å². The Labute approximate surface area is 79.9 Å². The fourth-order valence-electron chi connectivity index (χ4n) is 1.43. The molecule has 0 aromatic carbocycles. The molecular weight excluding hydrogens is 164 g/mol. The Bertz CT molecular complexity index is 211. The van der Waals surface area contributed by atoms with Gasteiger partial charge in [-0.2, -0.15) is 0 Å². The second-order valence-electron chi connectivity index (χ2n) is 3.71. The van der Waals surface area contributed by atoms with Crippen molar-refractivity contribution >= 4 is 6.02 Å². The van der Waals surface area contributed by atoms with Crippen LogP contribution in [0.4, 0.5) is 0 Å². The summed E-state index contributed by atoms with van der Waals surface area (Å²) in [4.78, 5) is 1.67. The van der Waals surface area contributed by atoms with Crippen molar-refractivity contribution in [2.75, 3.05) is 14.1 Å². The van der Waals surface area contributed by atoms with Gasteiger partial charge in [0.1, 0.15) is 6.10 Å². The van der Waals surface area contributed by atoms with E-state index in [9.17, 15) is 0 Å². The lowest BCUT2D eigenvalue weighted by atomic mass is 9.93. The maximum Gasteiger partial charge on any atom is 0.284 e. The fourth-order valence-corrected chi connectivity index (χ4v) is 1.43. The molecule has 1 unspecified atom stereocenters. The SMILES string of the molecule is C=C1CCCCC1OC(=N)N(C)C. The number of hydrogen-bond acceptors (Lipinski definition) is 2. The van der Waals surface area contributed by atoms with Crippen LogP contribution in [0, 0.1) is 5.41 Å². The van der Waals surface area contributed by atoms with Crippen LogP contribution in [0.1, 0.15) is 25.7 Å². The molecule has 0 aromatic heterocycles. The highest BCUT2D eigenvalue weighted by atomic mass is 16.5. The Morgan fingerprint density at radius 3 is 2.77 bits per heavy atom. The van der Waals surface area contributed by atoms with Gasteiger partial charge in [-0.1, -0.05) is 6.58 Å². The minimum atomic E-state index is 0.0728. The molecule has 3 heteroatoms. The van der Waals surface area contributed by atoms with Crippen LogP contribution in [-0.4, -0.2) is 31.1 Å². The molecule has 0 bridgehead atoms. The largest absolute Gasteiger partial charge is 0.457 e. The number of ether oxygens (including phenoxy) is 1. The summed E-state index contributed by atoms with van der Waals surface area (Å²) in [7, 11) is 3.63. The lowest BCUT2D eigenvalue weighted by molar-refractivity contribution is 0.162. The first-order valence-electron chi connectivity index (χ1n) is 4.71. The van der Waals surface area contributed by atoms with Crippen molar-refractivity contribution in [2.24, 2.45) is 0 Å². The molecule has 1 fully saturated rings. The second kappa shape index (κ2) is 4.30. The molecule has 0 spiro atoms. The average Bonchev–Trinajstić information content (AvgIpc) is 2.08. The van der Waals surface area contributed by atoms with Crippen molar-refractivity contribution in [1.82, 2.24) is 4.90 Å². The Morgan fingerprint density at radius 1 is 1.54 bits per heavy atom. The van der Waals surface area contributed by atoms with Crippen molar-refractivity contribution in [2.45, 2.75) is 31.8 Å². The molecule has 0 heterocycles. The molecule has 13 heavy (non-hydrogen) atoms. The molecule has 1 rings (SSSR count). The normalized spacial score (nSPS) is 22.6. The minimum absolute atomic E-state index is 0.0728. The van der Waals surface area contributed by atoms with Crippen LogP contribution in [0.5, 0.6) is 0 Å². The Morgan fingerprint density at radius 2 is 2.23 bits per heavy atom. The van der Waals surface area contributed by atoms with Gasteiger partial charge in [-0.15, -0.1) is 0 Å². The van der Waals surface area contributed by atoms with E-state index >= 15 is 0 Å². The van der Waals surface area contributed by atoms with Crippen LogP contribution in [0.3, 0.4) is 0 Å². The lowest BCUT2D eigenvalue weighted by Crippen LogP contribution is -2.30. The third-order valence-electron chi connectivity index (χ3n) is 2.33. The van der Waals surface area contributed by atoms with Crippen LogP contribution in [-0.2, 0) is 4.74 Å². The van der Waals surface area contributed by atoms with E-state index in [0.717, 1.165) is 18.4 Å². The second-order valence-corrected chi connectivity index (χ2v) is 3.71. The van der Waals surface area contributed by atoms with Gasteiger partial charge in [0.25, 0.3) is 6.02 Å². The molecule has 1 saturated carbocycles.